The summed E-state index contributed by atoms with van der Waals surface area (Å²) in [5.41, 5.74) is 0.897. The highest BCUT2D eigenvalue weighted by Crippen LogP contribution is 2.34. The van der Waals surface area contributed by atoms with Crippen LogP contribution in [0.3, 0.4) is 0 Å². The van der Waals surface area contributed by atoms with Crippen molar-refractivity contribution in [3.63, 3.8) is 0 Å². The number of hydrogen-bond acceptors (Lipinski definition) is 7. The number of hydrogen-bond donors (Lipinski definition) is 0. The molecule has 2 aromatic heterocycles. The van der Waals surface area contributed by atoms with Gasteiger partial charge in [0.05, 0.1) is 10.5 Å². The standard InChI is InChI=1S/C21H24N4O2S3/c1-14(2)6-8-25-20(27)16(30-21(25)28)13-15-18(23-9-11-29-12-10-23)22-17-5-3-4-7-24(17)19(15)26/h3-5,7,13-14H,6,8-12H2,1-2H3/b16-13+. The van der Waals surface area contributed by atoms with Crippen molar-refractivity contribution in [3.05, 3.63) is 45.2 Å². The van der Waals surface area contributed by atoms with Gasteiger partial charge in [0.1, 0.15) is 15.8 Å². The SMILES string of the molecule is CC(C)CCN1C(=O)/C(=C\c2c(N3CCSCC3)nc3ccccn3c2=O)SC1=S. The van der Waals surface area contributed by atoms with E-state index in [9.17, 15) is 9.59 Å². The van der Waals surface area contributed by atoms with Crippen LogP contribution in [0.25, 0.3) is 11.7 Å². The van der Waals surface area contributed by atoms with Gasteiger partial charge in [-0.3, -0.25) is 18.9 Å². The van der Waals surface area contributed by atoms with Gasteiger partial charge in [0.15, 0.2) is 0 Å². The normalized spacial score (nSPS) is 19.0. The molecule has 30 heavy (non-hydrogen) atoms. The van der Waals surface area contributed by atoms with Crippen molar-refractivity contribution in [2.75, 3.05) is 36.0 Å². The minimum absolute atomic E-state index is 0.122. The summed E-state index contributed by atoms with van der Waals surface area (Å²) in [7, 11) is 0. The fourth-order valence-electron chi connectivity index (χ4n) is 3.44. The van der Waals surface area contributed by atoms with Crippen molar-refractivity contribution in [2.24, 2.45) is 5.92 Å². The van der Waals surface area contributed by atoms with Crippen LogP contribution in [0.1, 0.15) is 25.8 Å². The first-order chi connectivity index (χ1) is 14.5. The Hall–Kier alpha value is -1.84. The average Bonchev–Trinajstić information content (AvgIpc) is 3.01. The van der Waals surface area contributed by atoms with Crippen LogP contribution in [0.5, 0.6) is 0 Å². The third-order valence-electron chi connectivity index (χ3n) is 5.14. The van der Waals surface area contributed by atoms with Crippen molar-refractivity contribution >= 4 is 63.5 Å². The van der Waals surface area contributed by atoms with E-state index in [2.05, 4.69) is 18.7 Å². The molecule has 4 rings (SSSR count). The number of amides is 1. The number of anilines is 1. The minimum atomic E-state index is -0.165. The number of thioether (sulfide) groups is 2. The van der Waals surface area contributed by atoms with Crippen LogP contribution < -0.4 is 10.5 Å². The molecule has 0 spiro atoms. The lowest BCUT2D eigenvalue weighted by atomic mass is 10.1. The van der Waals surface area contributed by atoms with Crippen molar-refractivity contribution in [3.8, 4) is 0 Å². The third kappa shape index (κ3) is 4.29. The summed E-state index contributed by atoms with van der Waals surface area (Å²) in [6.07, 6.45) is 4.29. The van der Waals surface area contributed by atoms with Crippen LogP contribution in [0.15, 0.2) is 34.1 Å². The van der Waals surface area contributed by atoms with Crippen LogP contribution in [0.4, 0.5) is 5.82 Å². The lowest BCUT2D eigenvalue weighted by molar-refractivity contribution is -0.122. The Morgan fingerprint density at radius 3 is 2.73 bits per heavy atom. The Morgan fingerprint density at radius 1 is 1.23 bits per heavy atom. The highest BCUT2D eigenvalue weighted by molar-refractivity contribution is 8.26. The summed E-state index contributed by atoms with van der Waals surface area (Å²) in [6, 6.07) is 5.51. The molecule has 0 atom stereocenters. The predicted molar refractivity (Wildman–Crippen MR) is 130 cm³/mol. The molecule has 9 heteroatoms. The fourth-order valence-corrected chi connectivity index (χ4v) is 5.64. The van der Waals surface area contributed by atoms with E-state index >= 15 is 0 Å². The fraction of sp³-hybridized carbons (Fsp3) is 0.429. The molecular formula is C21H24N4O2S3. The van der Waals surface area contributed by atoms with Crippen molar-refractivity contribution < 1.29 is 4.79 Å². The zero-order chi connectivity index (χ0) is 21.3. The second kappa shape index (κ2) is 9.11. The maximum atomic E-state index is 13.3. The van der Waals surface area contributed by atoms with E-state index in [4.69, 9.17) is 17.2 Å². The molecule has 0 unspecified atom stereocenters. The molecule has 158 valence electrons. The van der Waals surface area contributed by atoms with E-state index in [0.717, 1.165) is 31.0 Å². The lowest BCUT2D eigenvalue weighted by Gasteiger charge is -2.28. The molecule has 2 aromatic rings. The maximum Gasteiger partial charge on any atom is 0.267 e. The average molecular weight is 461 g/mol. The van der Waals surface area contributed by atoms with Gasteiger partial charge in [0.2, 0.25) is 0 Å². The first-order valence-corrected chi connectivity index (χ1v) is 12.4. The third-order valence-corrected chi connectivity index (χ3v) is 7.46. The second-order valence-electron chi connectivity index (χ2n) is 7.70. The molecule has 6 nitrogen and oxygen atoms in total. The van der Waals surface area contributed by atoms with Crippen LogP contribution in [0, 0.1) is 5.92 Å². The van der Waals surface area contributed by atoms with E-state index in [-0.39, 0.29) is 11.5 Å². The zero-order valence-electron chi connectivity index (χ0n) is 17.0. The number of nitrogens with zero attached hydrogens (tertiary/aromatic N) is 4. The molecule has 2 aliphatic heterocycles. The number of rotatable bonds is 5. The van der Waals surface area contributed by atoms with Crippen LogP contribution in [0.2, 0.25) is 0 Å². The Balaban J connectivity index is 1.77. The summed E-state index contributed by atoms with van der Waals surface area (Å²) in [5.74, 6) is 3.00. The van der Waals surface area contributed by atoms with E-state index in [1.807, 2.05) is 30.0 Å². The number of thiocarbonyl (C=S) groups is 1. The number of fused-ring (bicyclic) bond motifs is 1. The monoisotopic (exact) mass is 460 g/mol. The molecule has 2 saturated heterocycles. The second-order valence-corrected chi connectivity index (χ2v) is 10.6. The van der Waals surface area contributed by atoms with E-state index in [1.165, 1.54) is 16.2 Å². The lowest BCUT2D eigenvalue weighted by Crippen LogP contribution is -2.36. The molecule has 1 amide bonds. The van der Waals surface area contributed by atoms with Gasteiger partial charge in [-0.25, -0.2) is 4.98 Å². The minimum Gasteiger partial charge on any atom is -0.354 e. The highest BCUT2D eigenvalue weighted by atomic mass is 32.2. The first kappa shape index (κ1) is 21.4. The summed E-state index contributed by atoms with van der Waals surface area (Å²) in [6.45, 7) is 6.51. The zero-order valence-corrected chi connectivity index (χ0v) is 19.5. The highest BCUT2D eigenvalue weighted by Gasteiger charge is 2.32. The molecule has 0 N–H and O–H groups in total. The number of aromatic nitrogens is 2. The van der Waals surface area contributed by atoms with Crippen LogP contribution in [-0.2, 0) is 4.79 Å². The Bertz CT molecular complexity index is 1070. The molecule has 4 heterocycles. The maximum absolute atomic E-state index is 13.3. The summed E-state index contributed by atoms with van der Waals surface area (Å²) in [5, 5.41) is 0. The van der Waals surface area contributed by atoms with Crippen molar-refractivity contribution in [2.45, 2.75) is 20.3 Å². The van der Waals surface area contributed by atoms with Gasteiger partial charge in [-0.05, 0) is 30.5 Å². The van der Waals surface area contributed by atoms with E-state index in [1.54, 1.807) is 17.2 Å². The Kier molecular flexibility index (Phi) is 6.50. The summed E-state index contributed by atoms with van der Waals surface area (Å²) >= 11 is 8.61. The Morgan fingerprint density at radius 2 is 2.00 bits per heavy atom. The number of carbonyl (C=O) groups is 1. The predicted octanol–water partition coefficient (Wildman–Crippen LogP) is 3.50. The number of pyridine rings is 1. The van der Waals surface area contributed by atoms with Crippen LogP contribution >= 0.6 is 35.7 Å². The van der Waals surface area contributed by atoms with Crippen LogP contribution in [-0.4, -0.2) is 55.7 Å². The van der Waals surface area contributed by atoms with Gasteiger partial charge in [-0.2, -0.15) is 11.8 Å². The summed E-state index contributed by atoms with van der Waals surface area (Å²) < 4.78 is 2.09. The Labute approximate surface area is 189 Å². The summed E-state index contributed by atoms with van der Waals surface area (Å²) in [4.78, 5) is 35.4. The van der Waals surface area contributed by atoms with Gasteiger partial charge in [0.25, 0.3) is 11.5 Å². The topological polar surface area (TPSA) is 57.9 Å². The van der Waals surface area contributed by atoms with Gasteiger partial charge in [-0.15, -0.1) is 0 Å². The molecular weight excluding hydrogens is 436 g/mol. The van der Waals surface area contributed by atoms with Gasteiger partial charge < -0.3 is 4.90 Å². The van der Waals surface area contributed by atoms with E-state index < -0.39 is 0 Å². The van der Waals surface area contributed by atoms with E-state index in [0.29, 0.717) is 38.7 Å². The molecule has 0 bridgehead atoms. The van der Waals surface area contributed by atoms with Gasteiger partial charge in [0, 0.05) is 37.3 Å². The first-order valence-electron chi connectivity index (χ1n) is 10.0. The smallest absolute Gasteiger partial charge is 0.267 e. The van der Waals surface area contributed by atoms with Crippen molar-refractivity contribution in [1.82, 2.24) is 14.3 Å². The molecule has 0 aliphatic carbocycles. The number of carbonyl (C=O) groups excluding carboxylic acids is 1. The molecule has 0 radical (unpaired) electrons. The molecule has 0 aromatic carbocycles. The van der Waals surface area contributed by atoms with Crippen molar-refractivity contribution in [1.29, 1.82) is 0 Å². The molecule has 2 aliphatic rings. The van der Waals surface area contributed by atoms with Gasteiger partial charge in [-0.1, -0.05) is 43.9 Å². The molecule has 2 fully saturated rings. The quantitative estimate of drug-likeness (QED) is 0.500. The largest absolute Gasteiger partial charge is 0.354 e. The molecule has 0 saturated carbocycles. The van der Waals surface area contributed by atoms with Gasteiger partial charge >= 0.3 is 0 Å².